The van der Waals surface area contributed by atoms with E-state index in [0.29, 0.717) is 57.2 Å². The van der Waals surface area contributed by atoms with Crippen LogP contribution >= 0.6 is 0 Å². The van der Waals surface area contributed by atoms with Crippen LogP contribution in [-0.4, -0.2) is 40.9 Å². The zero-order valence-corrected chi connectivity index (χ0v) is 26.4. The number of nitrogens with one attached hydrogen (secondary N) is 3. The molecule has 3 amide bonds. The Morgan fingerprint density at radius 3 is 2.18 bits per heavy atom. The smallest absolute Gasteiger partial charge is 0.411 e. The molecule has 4 N–H and O–H groups in total. The first kappa shape index (κ1) is 33.5. The number of hydrogen-bond donors (Lipinski definition) is 4. The summed E-state index contributed by atoms with van der Waals surface area (Å²) in [4.78, 5) is 37.6. The molecule has 4 rings (SSSR count). The van der Waals surface area contributed by atoms with Gasteiger partial charge in [-0.2, -0.15) is 0 Å². The van der Waals surface area contributed by atoms with Crippen LogP contribution in [0.25, 0.3) is 11.1 Å². The Labute approximate surface area is 265 Å². The van der Waals surface area contributed by atoms with Crippen LogP contribution in [0.15, 0.2) is 72.8 Å². The molecular weight excluding hydrogens is 570 g/mol. The average molecular weight is 616 g/mol. The predicted octanol–water partition coefficient (Wildman–Crippen LogP) is 6.87. The molecule has 0 unspecified atom stereocenters. The van der Waals surface area contributed by atoms with E-state index in [4.69, 9.17) is 9.47 Å². The average Bonchev–Trinajstić information content (AvgIpc) is 3.01. The number of alkyl carbamates (subject to hydrolysis) is 1. The fourth-order valence-corrected chi connectivity index (χ4v) is 5.31. The monoisotopic (exact) mass is 615 g/mol. The van der Waals surface area contributed by atoms with Crippen molar-refractivity contribution in [2.45, 2.75) is 96.6 Å². The zero-order chi connectivity index (χ0) is 32.2. The van der Waals surface area contributed by atoms with Gasteiger partial charge in [-0.3, -0.25) is 10.1 Å². The first-order valence-corrected chi connectivity index (χ1v) is 15.7. The quantitative estimate of drug-likeness (QED) is 0.187. The molecule has 0 aliphatic heterocycles. The zero-order valence-electron chi connectivity index (χ0n) is 26.4. The Hall–Kier alpha value is -4.37. The maximum Gasteiger partial charge on any atom is 0.411 e. The maximum absolute atomic E-state index is 13.0. The summed E-state index contributed by atoms with van der Waals surface area (Å²) in [5.74, 6) is -0.0277. The summed E-state index contributed by atoms with van der Waals surface area (Å²) in [5.41, 5.74) is 4.77. The van der Waals surface area contributed by atoms with Crippen LogP contribution < -0.4 is 16.0 Å². The number of aryl methyl sites for hydroxylation is 1. The molecule has 1 aliphatic carbocycles. The van der Waals surface area contributed by atoms with Crippen molar-refractivity contribution in [1.29, 1.82) is 0 Å². The van der Waals surface area contributed by atoms with Gasteiger partial charge in [0.2, 0.25) is 5.91 Å². The molecule has 9 heteroatoms. The number of ether oxygens (including phenoxy) is 2. The van der Waals surface area contributed by atoms with Crippen LogP contribution in [0.1, 0.15) is 76.0 Å². The molecule has 3 aromatic rings. The molecule has 1 fully saturated rings. The lowest BCUT2D eigenvalue weighted by Gasteiger charge is -2.30. The lowest BCUT2D eigenvalue weighted by Crippen LogP contribution is -2.42. The van der Waals surface area contributed by atoms with Crippen molar-refractivity contribution < 1.29 is 29.0 Å². The number of aliphatic hydroxyl groups excluding tert-OH is 1. The molecule has 0 heterocycles. The van der Waals surface area contributed by atoms with Gasteiger partial charge in [0.05, 0.1) is 12.3 Å². The van der Waals surface area contributed by atoms with E-state index >= 15 is 0 Å². The molecule has 0 atom stereocenters. The molecule has 240 valence electrons. The number of carbonyl (C=O) groups excluding carboxylic acids is 3. The highest BCUT2D eigenvalue weighted by Crippen LogP contribution is 2.30. The van der Waals surface area contributed by atoms with Crippen molar-refractivity contribution in [3.05, 3.63) is 89.5 Å². The van der Waals surface area contributed by atoms with Crippen molar-refractivity contribution in [1.82, 2.24) is 10.6 Å². The number of amides is 3. The normalized spacial score (nSPS) is 16.4. The van der Waals surface area contributed by atoms with Gasteiger partial charge in [-0.15, -0.1) is 0 Å². The Bertz CT molecular complexity index is 1410. The molecular formula is C36H45N3O6. The summed E-state index contributed by atoms with van der Waals surface area (Å²) < 4.78 is 11.1. The van der Waals surface area contributed by atoms with Crippen LogP contribution in [0.2, 0.25) is 0 Å². The molecule has 45 heavy (non-hydrogen) atoms. The standard InChI is InChI=1S/C36H45N3O6/c1-36(2,3)45-35(43)38-29-17-19-30(20-18-29)44-34(42)39-32-22-25(16-21-31(32)28-9-5-4-6-10-28)8-7-11-33(41)37-23-26-12-14-27(24-40)15-13-26/h4-6,9-10,12-16,21-22,29-30,40H,7-8,11,17-20,23-24H2,1-3H3,(H,37,41)(H,38,43)(H,39,42). The third-order valence-corrected chi connectivity index (χ3v) is 7.64. The molecule has 0 radical (unpaired) electrons. The lowest BCUT2D eigenvalue weighted by molar-refractivity contribution is -0.121. The maximum atomic E-state index is 13.0. The molecule has 1 aliphatic rings. The minimum atomic E-state index is -0.553. The van der Waals surface area contributed by atoms with Gasteiger partial charge in [-0.05, 0) is 87.6 Å². The molecule has 0 aromatic heterocycles. The van der Waals surface area contributed by atoms with E-state index in [2.05, 4.69) is 16.0 Å². The van der Waals surface area contributed by atoms with Gasteiger partial charge in [0, 0.05) is 24.6 Å². The number of hydrogen-bond acceptors (Lipinski definition) is 6. The SMILES string of the molecule is CC(C)(C)OC(=O)NC1CCC(OC(=O)Nc2cc(CCCC(=O)NCc3ccc(CO)cc3)ccc2-c2ccccc2)CC1. The van der Waals surface area contributed by atoms with Gasteiger partial charge in [0.1, 0.15) is 11.7 Å². The second-order valence-electron chi connectivity index (χ2n) is 12.5. The Morgan fingerprint density at radius 1 is 0.844 bits per heavy atom. The van der Waals surface area contributed by atoms with E-state index in [-0.39, 0.29) is 24.7 Å². The van der Waals surface area contributed by atoms with Gasteiger partial charge in [0.25, 0.3) is 0 Å². The van der Waals surface area contributed by atoms with Crippen molar-refractivity contribution in [2.75, 3.05) is 5.32 Å². The van der Waals surface area contributed by atoms with Gasteiger partial charge >= 0.3 is 12.2 Å². The summed E-state index contributed by atoms with van der Waals surface area (Å²) in [6.07, 6.45) is 3.23. The summed E-state index contributed by atoms with van der Waals surface area (Å²) in [6, 6.07) is 23.3. The van der Waals surface area contributed by atoms with Gasteiger partial charge in [-0.25, -0.2) is 9.59 Å². The minimum absolute atomic E-state index is 0.00503. The third-order valence-electron chi connectivity index (χ3n) is 7.64. The summed E-state index contributed by atoms with van der Waals surface area (Å²) in [7, 11) is 0. The molecule has 3 aromatic carbocycles. The molecule has 1 saturated carbocycles. The van der Waals surface area contributed by atoms with E-state index < -0.39 is 17.8 Å². The summed E-state index contributed by atoms with van der Waals surface area (Å²) in [5, 5.41) is 18.0. The molecule has 9 nitrogen and oxygen atoms in total. The second-order valence-corrected chi connectivity index (χ2v) is 12.5. The third kappa shape index (κ3) is 11.2. The molecule has 0 spiro atoms. The Balaban J connectivity index is 1.29. The van der Waals surface area contributed by atoms with Crippen LogP contribution in [0.5, 0.6) is 0 Å². The highest BCUT2D eigenvalue weighted by atomic mass is 16.6. The highest BCUT2D eigenvalue weighted by Gasteiger charge is 2.27. The number of aliphatic hydroxyl groups is 1. The predicted molar refractivity (Wildman–Crippen MR) is 175 cm³/mol. The van der Waals surface area contributed by atoms with Crippen molar-refractivity contribution >= 4 is 23.8 Å². The van der Waals surface area contributed by atoms with E-state index in [1.807, 2.05) is 93.6 Å². The van der Waals surface area contributed by atoms with Gasteiger partial charge in [0.15, 0.2) is 0 Å². The van der Waals surface area contributed by atoms with Crippen molar-refractivity contribution in [3.8, 4) is 11.1 Å². The Kier molecular flexibility index (Phi) is 12.0. The van der Waals surface area contributed by atoms with Crippen molar-refractivity contribution in [2.24, 2.45) is 0 Å². The summed E-state index contributed by atoms with van der Waals surface area (Å²) in [6.45, 7) is 5.93. The van der Waals surface area contributed by atoms with E-state index in [1.165, 1.54) is 0 Å². The van der Waals surface area contributed by atoms with Crippen molar-refractivity contribution in [3.63, 3.8) is 0 Å². The minimum Gasteiger partial charge on any atom is -0.446 e. The fraction of sp³-hybridized carbons (Fsp3) is 0.417. The Morgan fingerprint density at radius 2 is 1.51 bits per heavy atom. The fourth-order valence-electron chi connectivity index (χ4n) is 5.31. The van der Waals surface area contributed by atoms with E-state index in [9.17, 15) is 19.5 Å². The van der Waals surface area contributed by atoms with Gasteiger partial charge < -0.3 is 25.2 Å². The van der Waals surface area contributed by atoms with Crippen LogP contribution in [-0.2, 0) is 33.8 Å². The van der Waals surface area contributed by atoms with E-state index in [1.54, 1.807) is 0 Å². The number of rotatable bonds is 11. The number of anilines is 1. The molecule has 0 bridgehead atoms. The first-order chi connectivity index (χ1) is 21.6. The van der Waals surface area contributed by atoms with E-state index in [0.717, 1.165) is 27.8 Å². The number of carbonyl (C=O) groups is 3. The summed E-state index contributed by atoms with van der Waals surface area (Å²) >= 11 is 0. The van der Waals surface area contributed by atoms with Crippen LogP contribution in [0.3, 0.4) is 0 Å². The first-order valence-electron chi connectivity index (χ1n) is 15.7. The van der Waals surface area contributed by atoms with Crippen LogP contribution in [0.4, 0.5) is 15.3 Å². The van der Waals surface area contributed by atoms with Crippen LogP contribution in [0, 0.1) is 0 Å². The highest BCUT2D eigenvalue weighted by molar-refractivity contribution is 5.91. The topological polar surface area (TPSA) is 126 Å². The lowest BCUT2D eigenvalue weighted by atomic mass is 9.93. The second kappa shape index (κ2) is 16.1. The molecule has 0 saturated heterocycles. The van der Waals surface area contributed by atoms with Gasteiger partial charge in [-0.1, -0.05) is 66.7 Å². The number of benzene rings is 3. The largest absolute Gasteiger partial charge is 0.446 e.